The average Bonchev–Trinajstić information content (AvgIpc) is 3.06. The average molecular weight is 366 g/mol. The van der Waals surface area contributed by atoms with E-state index in [1.165, 1.54) is 0 Å². The van der Waals surface area contributed by atoms with Gasteiger partial charge in [0.2, 0.25) is 11.8 Å². The predicted molar refractivity (Wildman–Crippen MR) is 103 cm³/mol. The second-order valence-corrected chi connectivity index (χ2v) is 6.60. The molecule has 0 aliphatic rings. The minimum atomic E-state index is -0.989. The van der Waals surface area contributed by atoms with Gasteiger partial charge in [-0.25, -0.2) is 4.98 Å². The number of nitrogens with one attached hydrogen (secondary N) is 2. The number of rotatable bonds is 6. The highest BCUT2D eigenvalue weighted by molar-refractivity contribution is 8.01. The van der Waals surface area contributed by atoms with Gasteiger partial charge < -0.3 is 15.2 Å². The van der Waals surface area contributed by atoms with E-state index < -0.39 is 17.1 Å². The predicted octanol–water partition coefficient (Wildman–Crippen LogP) is 3.16. The van der Waals surface area contributed by atoms with Gasteiger partial charge in [0.1, 0.15) is 0 Å². The molecule has 132 valence electrons. The summed E-state index contributed by atoms with van der Waals surface area (Å²) in [6.45, 7) is 0. The van der Waals surface area contributed by atoms with Crippen molar-refractivity contribution in [3.05, 3.63) is 73.1 Å². The fourth-order valence-corrected chi connectivity index (χ4v) is 3.15. The van der Waals surface area contributed by atoms with E-state index in [1.807, 2.05) is 43.4 Å². The SMILES string of the molecule is Cn1ccnc1SC(C(=O)Nc1ccccc1)C(=O)Nc1ccccc1. The lowest BCUT2D eigenvalue weighted by Crippen LogP contribution is -2.36. The minimum Gasteiger partial charge on any atom is -0.329 e. The molecule has 0 aliphatic heterocycles. The zero-order chi connectivity index (χ0) is 18.4. The minimum absolute atomic E-state index is 0.405. The van der Waals surface area contributed by atoms with Crippen LogP contribution in [0.3, 0.4) is 0 Å². The van der Waals surface area contributed by atoms with E-state index >= 15 is 0 Å². The van der Waals surface area contributed by atoms with Gasteiger partial charge in [-0.2, -0.15) is 0 Å². The van der Waals surface area contributed by atoms with Gasteiger partial charge in [-0.15, -0.1) is 0 Å². The van der Waals surface area contributed by atoms with Gasteiger partial charge in [-0.05, 0) is 24.3 Å². The van der Waals surface area contributed by atoms with Crippen LogP contribution < -0.4 is 10.6 Å². The standard InChI is InChI=1S/C19H18N4O2S/c1-23-13-12-20-19(23)26-16(17(24)21-14-8-4-2-5-9-14)18(25)22-15-10-6-3-7-11-15/h2-13,16H,1H3,(H,21,24)(H,22,25). The number of carbonyl (C=O) groups is 2. The third kappa shape index (κ3) is 4.52. The molecule has 3 rings (SSSR count). The normalized spacial score (nSPS) is 10.5. The zero-order valence-corrected chi connectivity index (χ0v) is 14.9. The summed E-state index contributed by atoms with van der Waals surface area (Å²) in [6, 6.07) is 18.1. The Bertz CT molecular complexity index is 827. The second-order valence-electron chi connectivity index (χ2n) is 5.53. The summed E-state index contributed by atoms with van der Waals surface area (Å²) in [4.78, 5) is 29.7. The maximum atomic E-state index is 12.8. The highest BCUT2D eigenvalue weighted by Gasteiger charge is 2.29. The van der Waals surface area contributed by atoms with Crippen molar-refractivity contribution in [3.63, 3.8) is 0 Å². The lowest BCUT2D eigenvalue weighted by molar-refractivity contribution is -0.123. The Morgan fingerprint density at radius 2 is 1.42 bits per heavy atom. The van der Waals surface area contributed by atoms with E-state index in [4.69, 9.17) is 0 Å². The van der Waals surface area contributed by atoms with Crippen LogP contribution in [0.1, 0.15) is 0 Å². The number of hydrogen-bond donors (Lipinski definition) is 2. The molecule has 0 spiro atoms. The highest BCUT2D eigenvalue weighted by Crippen LogP contribution is 2.24. The molecule has 3 aromatic rings. The summed E-state index contributed by atoms with van der Waals surface area (Å²) in [5.41, 5.74) is 1.27. The van der Waals surface area contributed by atoms with E-state index in [1.54, 1.807) is 41.2 Å². The maximum absolute atomic E-state index is 12.8. The summed E-state index contributed by atoms with van der Waals surface area (Å²) in [5.74, 6) is -0.810. The number of anilines is 2. The number of amides is 2. The number of hydrogen-bond acceptors (Lipinski definition) is 4. The lowest BCUT2D eigenvalue weighted by atomic mass is 10.2. The van der Waals surface area contributed by atoms with Crippen LogP contribution in [0.4, 0.5) is 11.4 Å². The number of aryl methyl sites for hydroxylation is 1. The summed E-state index contributed by atoms with van der Waals surface area (Å²) < 4.78 is 1.77. The summed E-state index contributed by atoms with van der Waals surface area (Å²) in [6.07, 6.45) is 3.40. The first-order chi connectivity index (χ1) is 12.6. The molecule has 0 bridgehead atoms. The largest absolute Gasteiger partial charge is 0.329 e. The van der Waals surface area contributed by atoms with Crippen molar-refractivity contribution in [2.24, 2.45) is 7.05 Å². The van der Waals surface area contributed by atoms with Crippen LogP contribution in [-0.4, -0.2) is 26.6 Å². The van der Waals surface area contributed by atoms with Crippen LogP contribution in [0.2, 0.25) is 0 Å². The zero-order valence-electron chi connectivity index (χ0n) is 14.1. The molecule has 0 unspecified atom stereocenters. The molecule has 1 heterocycles. The van der Waals surface area contributed by atoms with E-state index in [0.29, 0.717) is 16.5 Å². The van der Waals surface area contributed by atoms with E-state index in [2.05, 4.69) is 15.6 Å². The lowest BCUT2D eigenvalue weighted by Gasteiger charge is -2.16. The first-order valence-electron chi connectivity index (χ1n) is 7.99. The molecule has 6 nitrogen and oxygen atoms in total. The number of imidazole rings is 1. The Hall–Kier alpha value is -3.06. The monoisotopic (exact) mass is 366 g/mol. The third-order valence-corrected chi connectivity index (χ3v) is 4.83. The number of thioether (sulfide) groups is 1. The van der Waals surface area contributed by atoms with Crippen molar-refractivity contribution in [1.82, 2.24) is 9.55 Å². The molecule has 0 radical (unpaired) electrons. The molecule has 0 fully saturated rings. The van der Waals surface area contributed by atoms with Crippen LogP contribution >= 0.6 is 11.8 Å². The van der Waals surface area contributed by atoms with Crippen LogP contribution in [0.15, 0.2) is 78.2 Å². The number of nitrogens with zero attached hydrogens (tertiary/aromatic N) is 2. The second kappa shape index (κ2) is 8.35. The number of benzene rings is 2. The van der Waals surface area contributed by atoms with Gasteiger partial charge >= 0.3 is 0 Å². The van der Waals surface area contributed by atoms with Crippen molar-refractivity contribution in [2.45, 2.75) is 10.4 Å². The Kier molecular flexibility index (Phi) is 5.70. The molecule has 1 aromatic heterocycles. The van der Waals surface area contributed by atoms with E-state index in [-0.39, 0.29) is 0 Å². The van der Waals surface area contributed by atoms with Gasteiger partial charge in [0.15, 0.2) is 10.4 Å². The summed E-state index contributed by atoms with van der Waals surface area (Å²) >= 11 is 1.10. The van der Waals surface area contributed by atoms with Crippen LogP contribution in [0, 0.1) is 0 Å². The van der Waals surface area contributed by atoms with Crippen LogP contribution in [0.25, 0.3) is 0 Å². The van der Waals surface area contributed by atoms with Gasteiger partial charge in [0, 0.05) is 30.8 Å². The molecule has 26 heavy (non-hydrogen) atoms. The fourth-order valence-electron chi connectivity index (χ4n) is 2.26. The van der Waals surface area contributed by atoms with Gasteiger partial charge in [0.05, 0.1) is 0 Å². The molecular formula is C19H18N4O2S. The Labute approximate surface area is 155 Å². The highest BCUT2D eigenvalue weighted by atomic mass is 32.2. The molecule has 7 heteroatoms. The van der Waals surface area contributed by atoms with Crippen molar-refractivity contribution < 1.29 is 9.59 Å². The molecule has 2 aromatic carbocycles. The Balaban J connectivity index is 1.79. The number of carbonyl (C=O) groups excluding carboxylic acids is 2. The van der Waals surface area contributed by atoms with Gasteiger partial charge in [-0.1, -0.05) is 48.2 Å². The van der Waals surface area contributed by atoms with Crippen molar-refractivity contribution >= 4 is 35.0 Å². The Morgan fingerprint density at radius 3 is 1.85 bits per heavy atom. The molecular weight excluding hydrogens is 348 g/mol. The van der Waals surface area contributed by atoms with Crippen molar-refractivity contribution in [1.29, 1.82) is 0 Å². The quantitative estimate of drug-likeness (QED) is 0.519. The van der Waals surface area contributed by atoms with Gasteiger partial charge in [-0.3, -0.25) is 9.59 Å². The van der Waals surface area contributed by atoms with Crippen LogP contribution in [0.5, 0.6) is 0 Å². The van der Waals surface area contributed by atoms with Crippen LogP contribution in [-0.2, 0) is 16.6 Å². The first kappa shape index (κ1) is 17.8. The van der Waals surface area contributed by atoms with E-state index in [9.17, 15) is 9.59 Å². The molecule has 2 N–H and O–H groups in total. The smallest absolute Gasteiger partial charge is 0.247 e. The van der Waals surface area contributed by atoms with Gasteiger partial charge in [0.25, 0.3) is 0 Å². The van der Waals surface area contributed by atoms with Crippen molar-refractivity contribution in [3.8, 4) is 0 Å². The maximum Gasteiger partial charge on any atom is 0.247 e. The summed E-state index contributed by atoms with van der Waals surface area (Å²) in [5, 5.41) is 5.16. The number of para-hydroxylation sites is 2. The first-order valence-corrected chi connectivity index (χ1v) is 8.87. The molecule has 0 saturated carbocycles. The van der Waals surface area contributed by atoms with E-state index in [0.717, 1.165) is 11.8 Å². The fraction of sp³-hybridized carbons (Fsp3) is 0.105. The third-order valence-electron chi connectivity index (χ3n) is 3.56. The Morgan fingerprint density at radius 1 is 0.923 bits per heavy atom. The topological polar surface area (TPSA) is 76.0 Å². The molecule has 0 saturated heterocycles. The summed E-state index contributed by atoms with van der Waals surface area (Å²) in [7, 11) is 1.82. The van der Waals surface area contributed by atoms with Crippen molar-refractivity contribution in [2.75, 3.05) is 10.6 Å². The molecule has 0 aliphatic carbocycles. The number of aromatic nitrogens is 2. The molecule has 0 atom stereocenters. The molecule has 2 amide bonds.